The second-order valence-corrected chi connectivity index (χ2v) is 6.02. The first-order valence-electron chi connectivity index (χ1n) is 8.17. The molecule has 21 heavy (non-hydrogen) atoms. The normalized spacial score (nSPS) is 12.4. The summed E-state index contributed by atoms with van der Waals surface area (Å²) >= 11 is 0. The number of nitrogens with one attached hydrogen (secondary N) is 1. The number of carbonyl (C=O) groups is 1. The topological polar surface area (TPSA) is 55.1 Å². The van der Waals surface area contributed by atoms with E-state index in [0.29, 0.717) is 18.3 Å². The first-order valence-corrected chi connectivity index (χ1v) is 8.17. The van der Waals surface area contributed by atoms with E-state index in [1.165, 1.54) is 5.56 Å². The number of hydrogen-bond acceptors (Lipinski definition) is 2. The summed E-state index contributed by atoms with van der Waals surface area (Å²) in [6.07, 6.45) is 4.87. The van der Waals surface area contributed by atoms with E-state index >= 15 is 0 Å². The Balaban J connectivity index is 2.32. The average Bonchev–Trinajstić information content (AvgIpc) is 2.48. The minimum atomic E-state index is 0.171. The Morgan fingerprint density at radius 2 is 1.76 bits per heavy atom. The molecule has 0 saturated heterocycles. The molecule has 0 aliphatic carbocycles. The number of unbranched alkanes of at least 4 members (excludes halogenated alkanes) is 3. The molecule has 0 fully saturated rings. The minimum absolute atomic E-state index is 0.171. The van der Waals surface area contributed by atoms with Crippen LogP contribution in [0.2, 0.25) is 0 Å². The Labute approximate surface area is 129 Å². The van der Waals surface area contributed by atoms with Crippen molar-refractivity contribution in [2.45, 2.75) is 51.9 Å². The summed E-state index contributed by atoms with van der Waals surface area (Å²) in [5.41, 5.74) is 6.76. The summed E-state index contributed by atoms with van der Waals surface area (Å²) in [4.78, 5) is 11.9. The monoisotopic (exact) mass is 290 g/mol. The first kappa shape index (κ1) is 17.7. The fourth-order valence-electron chi connectivity index (χ4n) is 2.53. The molecule has 1 rings (SSSR count). The van der Waals surface area contributed by atoms with Gasteiger partial charge in [0.05, 0.1) is 0 Å². The van der Waals surface area contributed by atoms with Gasteiger partial charge in [0.1, 0.15) is 0 Å². The number of hydrogen-bond donors (Lipinski definition) is 2. The van der Waals surface area contributed by atoms with Crippen LogP contribution in [0, 0.1) is 5.92 Å². The predicted molar refractivity (Wildman–Crippen MR) is 89.2 cm³/mol. The Hall–Kier alpha value is -1.35. The third kappa shape index (κ3) is 7.28. The number of benzene rings is 1. The summed E-state index contributed by atoms with van der Waals surface area (Å²) in [6, 6.07) is 10.4. The molecule has 0 saturated carbocycles. The molecule has 3 N–H and O–H groups in total. The van der Waals surface area contributed by atoms with E-state index < -0.39 is 0 Å². The van der Waals surface area contributed by atoms with E-state index in [1.54, 1.807) is 0 Å². The fourth-order valence-corrected chi connectivity index (χ4v) is 2.53. The Bertz CT molecular complexity index is 389. The molecular formula is C18H30N2O. The van der Waals surface area contributed by atoms with Crippen LogP contribution in [0.15, 0.2) is 30.3 Å². The van der Waals surface area contributed by atoms with Gasteiger partial charge in [-0.25, -0.2) is 0 Å². The third-order valence-electron chi connectivity index (χ3n) is 3.91. The summed E-state index contributed by atoms with van der Waals surface area (Å²) in [7, 11) is 0. The van der Waals surface area contributed by atoms with Crippen molar-refractivity contribution in [3.8, 4) is 0 Å². The summed E-state index contributed by atoms with van der Waals surface area (Å²) in [5.74, 6) is 1.06. The van der Waals surface area contributed by atoms with Crippen molar-refractivity contribution in [3.63, 3.8) is 0 Å². The second kappa shape index (κ2) is 10.4. The molecule has 1 atom stereocenters. The maximum atomic E-state index is 11.9. The van der Waals surface area contributed by atoms with Crippen molar-refractivity contribution in [1.29, 1.82) is 0 Å². The number of rotatable bonds is 10. The smallest absolute Gasteiger partial charge is 0.220 e. The van der Waals surface area contributed by atoms with Gasteiger partial charge in [0.15, 0.2) is 0 Å². The Morgan fingerprint density at radius 1 is 1.10 bits per heavy atom. The third-order valence-corrected chi connectivity index (χ3v) is 3.91. The molecule has 3 heteroatoms. The molecule has 0 bridgehead atoms. The lowest BCUT2D eigenvalue weighted by molar-refractivity contribution is -0.121. The summed E-state index contributed by atoms with van der Waals surface area (Å²) < 4.78 is 0. The van der Waals surface area contributed by atoms with Gasteiger partial charge in [-0.2, -0.15) is 0 Å². The van der Waals surface area contributed by atoms with Gasteiger partial charge in [-0.1, -0.05) is 57.0 Å². The SMILES string of the molecule is CC(C)C(CNC(=O)CCCCCCN)c1ccccc1. The highest BCUT2D eigenvalue weighted by molar-refractivity contribution is 5.75. The molecule has 1 amide bonds. The van der Waals surface area contributed by atoms with E-state index in [0.717, 1.165) is 38.8 Å². The summed E-state index contributed by atoms with van der Waals surface area (Å²) in [5, 5.41) is 3.09. The van der Waals surface area contributed by atoms with Crippen molar-refractivity contribution >= 4 is 5.91 Å². The minimum Gasteiger partial charge on any atom is -0.355 e. The van der Waals surface area contributed by atoms with Crippen molar-refractivity contribution < 1.29 is 4.79 Å². The number of carbonyl (C=O) groups excluding carboxylic acids is 1. The van der Waals surface area contributed by atoms with Crippen molar-refractivity contribution in [1.82, 2.24) is 5.32 Å². The lowest BCUT2D eigenvalue weighted by Crippen LogP contribution is -2.30. The Morgan fingerprint density at radius 3 is 2.38 bits per heavy atom. The molecule has 118 valence electrons. The van der Waals surface area contributed by atoms with Gasteiger partial charge >= 0.3 is 0 Å². The van der Waals surface area contributed by atoms with Crippen LogP contribution in [-0.4, -0.2) is 19.0 Å². The van der Waals surface area contributed by atoms with Crippen LogP contribution in [0.5, 0.6) is 0 Å². The standard InChI is InChI=1S/C18H30N2O/c1-15(2)17(16-10-6-5-7-11-16)14-20-18(21)12-8-3-4-9-13-19/h5-7,10-11,15,17H,3-4,8-9,12-14,19H2,1-2H3,(H,20,21). The van der Waals surface area contributed by atoms with Crippen LogP contribution < -0.4 is 11.1 Å². The molecule has 0 aromatic heterocycles. The molecule has 0 heterocycles. The highest BCUT2D eigenvalue weighted by atomic mass is 16.1. The van der Waals surface area contributed by atoms with Crippen LogP contribution in [0.3, 0.4) is 0 Å². The molecular weight excluding hydrogens is 260 g/mol. The zero-order valence-electron chi connectivity index (χ0n) is 13.5. The maximum absolute atomic E-state index is 11.9. The van der Waals surface area contributed by atoms with Gasteiger partial charge in [0.2, 0.25) is 5.91 Å². The molecule has 1 aromatic carbocycles. The maximum Gasteiger partial charge on any atom is 0.220 e. The van der Waals surface area contributed by atoms with Gasteiger partial charge in [-0.15, -0.1) is 0 Å². The van der Waals surface area contributed by atoms with Crippen molar-refractivity contribution in [3.05, 3.63) is 35.9 Å². The molecule has 0 radical (unpaired) electrons. The average molecular weight is 290 g/mol. The van der Waals surface area contributed by atoms with Crippen LogP contribution in [0.1, 0.15) is 57.4 Å². The van der Waals surface area contributed by atoms with Gasteiger partial charge in [-0.05, 0) is 30.9 Å². The van der Waals surface area contributed by atoms with Crippen LogP contribution >= 0.6 is 0 Å². The van der Waals surface area contributed by atoms with E-state index in [1.807, 2.05) is 6.07 Å². The summed E-state index contributed by atoms with van der Waals surface area (Å²) in [6.45, 7) is 5.88. The molecule has 1 unspecified atom stereocenters. The predicted octanol–water partition coefficient (Wildman–Crippen LogP) is 3.45. The van der Waals surface area contributed by atoms with Gasteiger partial charge in [0.25, 0.3) is 0 Å². The molecule has 0 aliphatic rings. The van der Waals surface area contributed by atoms with Crippen LogP contribution in [0.4, 0.5) is 0 Å². The van der Waals surface area contributed by atoms with E-state index in [2.05, 4.69) is 43.4 Å². The van der Waals surface area contributed by atoms with E-state index in [-0.39, 0.29) is 5.91 Å². The fraction of sp³-hybridized carbons (Fsp3) is 0.611. The second-order valence-electron chi connectivity index (χ2n) is 6.02. The Kier molecular flexibility index (Phi) is 8.76. The first-order chi connectivity index (χ1) is 10.1. The van der Waals surface area contributed by atoms with Gasteiger partial charge < -0.3 is 11.1 Å². The molecule has 3 nitrogen and oxygen atoms in total. The highest BCUT2D eigenvalue weighted by Crippen LogP contribution is 2.23. The van der Waals surface area contributed by atoms with Crippen molar-refractivity contribution in [2.24, 2.45) is 11.7 Å². The van der Waals surface area contributed by atoms with Crippen LogP contribution in [-0.2, 0) is 4.79 Å². The quantitative estimate of drug-likeness (QED) is 0.648. The molecule has 1 aromatic rings. The molecule has 0 spiro atoms. The van der Waals surface area contributed by atoms with Gasteiger partial charge in [0, 0.05) is 18.9 Å². The van der Waals surface area contributed by atoms with Gasteiger partial charge in [-0.3, -0.25) is 4.79 Å². The zero-order chi connectivity index (χ0) is 15.5. The van der Waals surface area contributed by atoms with Crippen molar-refractivity contribution in [2.75, 3.05) is 13.1 Å². The molecule has 0 aliphatic heterocycles. The number of nitrogens with two attached hydrogens (primary N) is 1. The zero-order valence-corrected chi connectivity index (χ0v) is 13.5. The lowest BCUT2D eigenvalue weighted by atomic mass is 9.88. The van der Waals surface area contributed by atoms with Crippen LogP contribution in [0.25, 0.3) is 0 Å². The number of amides is 1. The highest BCUT2D eigenvalue weighted by Gasteiger charge is 2.16. The van der Waals surface area contributed by atoms with E-state index in [4.69, 9.17) is 5.73 Å². The largest absolute Gasteiger partial charge is 0.355 e. The lowest BCUT2D eigenvalue weighted by Gasteiger charge is -2.22. The van der Waals surface area contributed by atoms with E-state index in [9.17, 15) is 4.79 Å².